The third kappa shape index (κ3) is 2.79. The summed E-state index contributed by atoms with van der Waals surface area (Å²) < 4.78 is 0.1000. The summed E-state index contributed by atoms with van der Waals surface area (Å²) in [5.74, 6) is 0. The molecule has 0 radical (unpaired) electrons. The van der Waals surface area contributed by atoms with Gasteiger partial charge in [0.2, 0.25) is 4.74 Å². The van der Waals surface area contributed by atoms with Crippen molar-refractivity contribution in [1.29, 1.82) is 0 Å². The molecule has 0 amide bonds. The Kier molecular flexibility index (Phi) is 4.14. The van der Waals surface area contributed by atoms with Crippen LogP contribution in [0.25, 0.3) is 6.08 Å². The Hall–Kier alpha value is -1.20. The van der Waals surface area contributed by atoms with Gasteiger partial charge in [-0.15, -0.1) is 0 Å². The van der Waals surface area contributed by atoms with E-state index in [-0.39, 0.29) is 4.74 Å². The predicted molar refractivity (Wildman–Crippen MR) is 77.3 cm³/mol. The molecular formula is C13H19N3OS. The minimum atomic E-state index is 0.1000. The highest BCUT2D eigenvalue weighted by atomic mass is 32.1. The van der Waals surface area contributed by atoms with Crippen LogP contribution in [0.1, 0.15) is 31.0 Å². The van der Waals surface area contributed by atoms with E-state index in [9.17, 15) is 4.79 Å². The minimum Gasteiger partial charge on any atom is -0.348 e. The van der Waals surface area contributed by atoms with Gasteiger partial charge in [-0.2, -0.15) is 0 Å². The number of anilines is 1. The maximum atomic E-state index is 11.9. The summed E-state index contributed by atoms with van der Waals surface area (Å²) in [5, 5.41) is 0.825. The van der Waals surface area contributed by atoms with Crippen molar-refractivity contribution in [2.75, 3.05) is 18.0 Å². The molecule has 2 heterocycles. The van der Waals surface area contributed by atoms with Gasteiger partial charge >= 0.3 is 0 Å². The van der Waals surface area contributed by atoms with Gasteiger partial charge < -0.3 is 10.6 Å². The Balaban J connectivity index is 2.31. The molecule has 0 spiro atoms. The first-order valence-corrected chi connectivity index (χ1v) is 7.08. The molecule has 0 bridgehead atoms. The fraction of sp³-hybridized carbons (Fsp3) is 0.538. The molecule has 0 aromatic carbocycles. The van der Waals surface area contributed by atoms with Gasteiger partial charge in [0.15, 0.2) is 5.13 Å². The molecule has 0 saturated carbocycles. The first kappa shape index (κ1) is 13.2. The molecule has 1 aromatic heterocycles. The van der Waals surface area contributed by atoms with Crippen LogP contribution in [0.4, 0.5) is 5.13 Å². The van der Waals surface area contributed by atoms with E-state index in [1.807, 2.05) is 26.0 Å². The van der Waals surface area contributed by atoms with E-state index in [0.717, 1.165) is 42.3 Å². The standard InChI is InChI=1S/C13H19N3OS/c1-3-4-11-9(2)12(17)18-13(15-11)16-7-5-10(14)6-8-16/h3-4,10H,5-8,14H2,1-2H3/b4-3-. The Labute approximate surface area is 111 Å². The molecule has 5 heteroatoms. The van der Waals surface area contributed by atoms with Gasteiger partial charge in [-0.1, -0.05) is 17.4 Å². The van der Waals surface area contributed by atoms with Crippen LogP contribution >= 0.6 is 11.3 Å². The van der Waals surface area contributed by atoms with E-state index >= 15 is 0 Å². The lowest BCUT2D eigenvalue weighted by Crippen LogP contribution is -2.40. The average Bonchev–Trinajstić information content (AvgIpc) is 2.36. The zero-order valence-corrected chi connectivity index (χ0v) is 11.7. The quantitative estimate of drug-likeness (QED) is 0.885. The normalized spacial score (nSPS) is 17.6. The van der Waals surface area contributed by atoms with Crippen molar-refractivity contribution in [3.63, 3.8) is 0 Å². The Morgan fingerprint density at radius 2 is 2.11 bits per heavy atom. The summed E-state index contributed by atoms with van der Waals surface area (Å²) in [7, 11) is 0. The Morgan fingerprint density at radius 3 is 2.72 bits per heavy atom. The summed E-state index contributed by atoms with van der Waals surface area (Å²) in [6.07, 6.45) is 5.74. The van der Waals surface area contributed by atoms with Crippen LogP contribution in [-0.4, -0.2) is 24.1 Å². The number of allylic oxidation sites excluding steroid dienone is 1. The third-order valence-electron chi connectivity index (χ3n) is 3.23. The maximum Gasteiger partial charge on any atom is 0.240 e. The number of nitrogens with two attached hydrogens (primary N) is 1. The van der Waals surface area contributed by atoms with Crippen molar-refractivity contribution in [3.8, 4) is 0 Å². The highest BCUT2D eigenvalue weighted by molar-refractivity contribution is 7.13. The van der Waals surface area contributed by atoms with Crippen LogP contribution in [-0.2, 0) is 0 Å². The number of rotatable bonds is 2. The van der Waals surface area contributed by atoms with E-state index in [1.54, 1.807) is 0 Å². The summed E-state index contributed by atoms with van der Waals surface area (Å²) in [6, 6.07) is 0.290. The van der Waals surface area contributed by atoms with Gasteiger partial charge in [0.1, 0.15) is 0 Å². The van der Waals surface area contributed by atoms with Crippen molar-refractivity contribution in [2.24, 2.45) is 5.73 Å². The lowest BCUT2D eigenvalue weighted by molar-refractivity contribution is 0.500. The van der Waals surface area contributed by atoms with E-state index in [4.69, 9.17) is 5.73 Å². The fourth-order valence-electron chi connectivity index (χ4n) is 2.02. The SMILES string of the molecule is C/C=C\c1nc(N2CCC(N)CC2)sc(=O)c1C. The Bertz CT molecular complexity index is 501. The molecule has 1 aliphatic rings. The molecule has 2 N–H and O–H groups in total. The lowest BCUT2D eigenvalue weighted by atomic mass is 10.1. The van der Waals surface area contributed by atoms with Gasteiger partial charge in [0, 0.05) is 24.7 Å². The Morgan fingerprint density at radius 1 is 1.44 bits per heavy atom. The highest BCUT2D eigenvalue weighted by Gasteiger charge is 2.19. The van der Waals surface area contributed by atoms with Crippen molar-refractivity contribution in [2.45, 2.75) is 32.7 Å². The highest BCUT2D eigenvalue weighted by Crippen LogP contribution is 2.21. The predicted octanol–water partition coefficient (Wildman–Crippen LogP) is 1.77. The number of nitrogens with zero attached hydrogens (tertiary/aromatic N) is 2. The lowest BCUT2D eigenvalue weighted by Gasteiger charge is -2.30. The summed E-state index contributed by atoms with van der Waals surface area (Å²) in [6.45, 7) is 5.55. The zero-order valence-electron chi connectivity index (χ0n) is 10.8. The molecule has 0 unspecified atom stereocenters. The van der Waals surface area contributed by atoms with Gasteiger partial charge in [0.05, 0.1) is 5.69 Å². The van der Waals surface area contributed by atoms with Gasteiger partial charge in [-0.05, 0) is 32.8 Å². The van der Waals surface area contributed by atoms with Gasteiger partial charge in [0.25, 0.3) is 0 Å². The van der Waals surface area contributed by atoms with Crippen LogP contribution in [0.2, 0.25) is 0 Å². The molecular weight excluding hydrogens is 246 g/mol. The van der Waals surface area contributed by atoms with E-state index in [1.165, 1.54) is 11.3 Å². The zero-order chi connectivity index (χ0) is 13.1. The van der Waals surface area contributed by atoms with E-state index < -0.39 is 0 Å². The van der Waals surface area contributed by atoms with Gasteiger partial charge in [-0.25, -0.2) is 4.98 Å². The third-order valence-corrected chi connectivity index (χ3v) is 4.25. The minimum absolute atomic E-state index is 0.1000. The smallest absolute Gasteiger partial charge is 0.240 e. The first-order valence-electron chi connectivity index (χ1n) is 6.26. The molecule has 1 saturated heterocycles. The van der Waals surface area contributed by atoms with Crippen molar-refractivity contribution >= 4 is 22.5 Å². The number of aromatic nitrogens is 1. The van der Waals surface area contributed by atoms with Crippen molar-refractivity contribution < 1.29 is 0 Å². The molecule has 1 fully saturated rings. The summed E-state index contributed by atoms with van der Waals surface area (Å²) >= 11 is 1.24. The van der Waals surface area contributed by atoms with E-state index in [0.29, 0.717) is 6.04 Å². The summed E-state index contributed by atoms with van der Waals surface area (Å²) in [5.41, 5.74) is 7.41. The topological polar surface area (TPSA) is 59.2 Å². The van der Waals surface area contributed by atoms with Crippen LogP contribution in [0, 0.1) is 6.92 Å². The molecule has 2 rings (SSSR count). The van der Waals surface area contributed by atoms with Gasteiger partial charge in [-0.3, -0.25) is 4.79 Å². The second-order valence-corrected chi connectivity index (χ2v) is 5.56. The second kappa shape index (κ2) is 5.63. The number of piperidine rings is 1. The molecule has 18 heavy (non-hydrogen) atoms. The molecule has 0 aliphatic carbocycles. The fourth-order valence-corrected chi connectivity index (χ4v) is 2.90. The van der Waals surface area contributed by atoms with Crippen LogP contribution in [0.3, 0.4) is 0 Å². The second-order valence-electron chi connectivity index (χ2n) is 4.62. The van der Waals surface area contributed by atoms with Crippen LogP contribution < -0.4 is 15.4 Å². The largest absolute Gasteiger partial charge is 0.348 e. The molecule has 1 aromatic rings. The maximum absolute atomic E-state index is 11.9. The van der Waals surface area contributed by atoms with E-state index in [2.05, 4.69) is 9.88 Å². The number of hydrogen-bond acceptors (Lipinski definition) is 5. The molecule has 98 valence electrons. The van der Waals surface area contributed by atoms with Crippen LogP contribution in [0.15, 0.2) is 10.9 Å². The van der Waals surface area contributed by atoms with Crippen LogP contribution in [0.5, 0.6) is 0 Å². The summed E-state index contributed by atoms with van der Waals surface area (Å²) in [4.78, 5) is 18.7. The molecule has 0 atom stereocenters. The van der Waals surface area contributed by atoms with Crippen molar-refractivity contribution in [3.05, 3.63) is 26.9 Å². The first-order chi connectivity index (χ1) is 8.61. The molecule has 1 aliphatic heterocycles. The monoisotopic (exact) mass is 265 g/mol. The van der Waals surface area contributed by atoms with Crippen molar-refractivity contribution in [1.82, 2.24) is 4.98 Å². The number of hydrogen-bond donors (Lipinski definition) is 1. The molecule has 4 nitrogen and oxygen atoms in total. The average molecular weight is 265 g/mol.